The highest BCUT2D eigenvalue weighted by atomic mass is 19.1. The molecule has 0 amide bonds. The molecule has 3 nitrogen and oxygen atoms in total. The van der Waals surface area contributed by atoms with Gasteiger partial charge in [0.2, 0.25) is 0 Å². The molecule has 21 heavy (non-hydrogen) atoms. The minimum Gasteiger partial charge on any atom is -0.487 e. The molecule has 0 bridgehead atoms. The van der Waals surface area contributed by atoms with Gasteiger partial charge in [0.15, 0.2) is 11.6 Å². The average molecular weight is 286 g/mol. The smallest absolute Gasteiger partial charge is 0.165 e. The van der Waals surface area contributed by atoms with Gasteiger partial charge in [0, 0.05) is 5.56 Å². The number of fused-ring (bicyclic) bond motifs is 1. The molecule has 1 aliphatic heterocycles. The predicted molar refractivity (Wildman–Crippen MR) is 76.1 cm³/mol. The van der Waals surface area contributed by atoms with Crippen LogP contribution in [0.2, 0.25) is 0 Å². The Bertz CT molecular complexity index is 654. The Balaban J connectivity index is 1.73. The van der Waals surface area contributed by atoms with E-state index >= 15 is 0 Å². The molecule has 4 heteroatoms. The normalized spacial score (nSPS) is 17.1. The zero-order valence-corrected chi connectivity index (χ0v) is 11.4. The zero-order valence-electron chi connectivity index (χ0n) is 11.4. The number of benzene rings is 2. The van der Waals surface area contributed by atoms with Crippen LogP contribution in [0.25, 0.3) is 0 Å². The third-order valence-electron chi connectivity index (χ3n) is 3.57. The Morgan fingerprint density at radius 1 is 1.29 bits per heavy atom. The summed E-state index contributed by atoms with van der Waals surface area (Å²) in [5.74, 6) is -0.407. The van der Waals surface area contributed by atoms with Crippen LogP contribution in [0.15, 0.2) is 42.5 Å². The summed E-state index contributed by atoms with van der Waals surface area (Å²) in [6, 6.07) is 12.2. The molecule has 1 heterocycles. The van der Waals surface area contributed by atoms with Gasteiger partial charge in [-0.05, 0) is 35.7 Å². The first-order valence-corrected chi connectivity index (χ1v) is 6.85. The zero-order chi connectivity index (χ0) is 14.7. The molecule has 0 radical (unpaired) electrons. The van der Waals surface area contributed by atoms with Crippen LogP contribution in [-0.2, 0) is 11.2 Å². The molecule has 0 fully saturated rings. The van der Waals surface area contributed by atoms with Gasteiger partial charge in [0.05, 0.1) is 6.61 Å². The van der Waals surface area contributed by atoms with Gasteiger partial charge in [-0.1, -0.05) is 24.3 Å². The molecule has 0 aromatic heterocycles. The molecular weight excluding hydrogens is 271 g/mol. The third kappa shape index (κ3) is 2.95. The molecular formula is C17H15FO3. The van der Waals surface area contributed by atoms with Crippen molar-refractivity contribution in [3.8, 4) is 5.75 Å². The molecule has 1 atom stereocenters. The number of rotatable bonds is 4. The number of aldehydes is 1. The Kier molecular flexibility index (Phi) is 3.97. The van der Waals surface area contributed by atoms with Crippen molar-refractivity contribution in [3.05, 3.63) is 65.0 Å². The maximum Gasteiger partial charge on any atom is 0.165 e. The molecule has 1 aliphatic rings. The van der Waals surface area contributed by atoms with E-state index < -0.39 is 5.82 Å². The van der Waals surface area contributed by atoms with Crippen LogP contribution in [0.4, 0.5) is 4.39 Å². The van der Waals surface area contributed by atoms with Crippen LogP contribution < -0.4 is 4.74 Å². The van der Waals surface area contributed by atoms with Crippen LogP contribution in [0.1, 0.15) is 27.6 Å². The summed E-state index contributed by atoms with van der Waals surface area (Å²) >= 11 is 0. The lowest BCUT2D eigenvalue weighted by Gasteiger charge is -2.26. The molecule has 0 saturated carbocycles. The first-order chi connectivity index (χ1) is 10.3. The van der Waals surface area contributed by atoms with E-state index in [-0.39, 0.29) is 18.5 Å². The van der Waals surface area contributed by atoms with Crippen LogP contribution in [-0.4, -0.2) is 19.5 Å². The number of carbonyl (C=O) groups excluding carboxylic acids is 1. The molecule has 3 rings (SSSR count). The van der Waals surface area contributed by atoms with Crippen LogP contribution in [0.5, 0.6) is 5.75 Å². The van der Waals surface area contributed by atoms with E-state index in [4.69, 9.17) is 9.47 Å². The fourth-order valence-corrected chi connectivity index (χ4v) is 2.49. The molecule has 2 aromatic rings. The van der Waals surface area contributed by atoms with Gasteiger partial charge in [-0.25, -0.2) is 4.39 Å². The van der Waals surface area contributed by atoms with Gasteiger partial charge in [0.25, 0.3) is 0 Å². The quantitative estimate of drug-likeness (QED) is 0.809. The lowest BCUT2D eigenvalue weighted by atomic mass is 9.98. The Labute approximate surface area is 122 Å². The fraction of sp³-hybridized carbons (Fsp3) is 0.235. The van der Waals surface area contributed by atoms with E-state index in [0.717, 1.165) is 18.1 Å². The topological polar surface area (TPSA) is 35.5 Å². The third-order valence-corrected chi connectivity index (χ3v) is 3.57. The number of halogens is 1. The maximum atomic E-state index is 13.8. The average Bonchev–Trinajstić information content (AvgIpc) is 2.53. The van der Waals surface area contributed by atoms with Crippen molar-refractivity contribution >= 4 is 6.29 Å². The first-order valence-electron chi connectivity index (χ1n) is 6.85. The highest BCUT2D eigenvalue weighted by molar-refractivity contribution is 5.74. The summed E-state index contributed by atoms with van der Waals surface area (Å²) in [5.41, 5.74) is 2.63. The largest absolute Gasteiger partial charge is 0.487 e. The molecule has 0 N–H and O–H groups in total. The highest BCUT2D eigenvalue weighted by Crippen LogP contribution is 2.28. The summed E-state index contributed by atoms with van der Waals surface area (Å²) in [6.45, 7) is 0.881. The SMILES string of the molecule is O=Cc1ccc(OCC2OCCc3ccccc32)c(F)c1. The Hall–Kier alpha value is -2.20. The van der Waals surface area contributed by atoms with Crippen LogP contribution >= 0.6 is 0 Å². The lowest BCUT2D eigenvalue weighted by Crippen LogP contribution is -2.21. The highest BCUT2D eigenvalue weighted by Gasteiger charge is 2.21. The first kappa shape index (κ1) is 13.8. The van der Waals surface area contributed by atoms with Gasteiger partial charge < -0.3 is 9.47 Å². The second kappa shape index (κ2) is 6.06. The van der Waals surface area contributed by atoms with Crippen LogP contribution in [0.3, 0.4) is 0 Å². The van der Waals surface area contributed by atoms with Crippen molar-refractivity contribution < 1.29 is 18.7 Å². The van der Waals surface area contributed by atoms with Crippen molar-refractivity contribution in [2.45, 2.75) is 12.5 Å². The fourth-order valence-electron chi connectivity index (χ4n) is 2.49. The standard InChI is InChI=1S/C17H15FO3/c18-15-9-12(10-19)5-6-16(15)21-11-17-14-4-2-1-3-13(14)7-8-20-17/h1-6,9-10,17H,7-8,11H2. The van der Waals surface area contributed by atoms with E-state index in [0.29, 0.717) is 18.5 Å². The van der Waals surface area contributed by atoms with Crippen molar-refractivity contribution in [3.63, 3.8) is 0 Å². The van der Waals surface area contributed by atoms with E-state index in [9.17, 15) is 9.18 Å². The van der Waals surface area contributed by atoms with Gasteiger partial charge in [-0.2, -0.15) is 0 Å². The van der Waals surface area contributed by atoms with Crippen molar-refractivity contribution in [2.75, 3.05) is 13.2 Å². The van der Waals surface area contributed by atoms with Gasteiger partial charge >= 0.3 is 0 Å². The van der Waals surface area contributed by atoms with Crippen molar-refractivity contribution in [1.82, 2.24) is 0 Å². The van der Waals surface area contributed by atoms with E-state index in [1.165, 1.54) is 17.7 Å². The van der Waals surface area contributed by atoms with Crippen molar-refractivity contribution in [1.29, 1.82) is 0 Å². The molecule has 108 valence electrons. The summed E-state index contributed by atoms with van der Waals surface area (Å²) in [7, 11) is 0. The predicted octanol–water partition coefficient (Wildman–Crippen LogP) is 3.33. The second-order valence-corrected chi connectivity index (χ2v) is 4.93. The molecule has 0 aliphatic carbocycles. The molecule has 2 aromatic carbocycles. The van der Waals surface area contributed by atoms with Crippen LogP contribution in [0, 0.1) is 5.82 Å². The monoisotopic (exact) mass is 286 g/mol. The lowest BCUT2D eigenvalue weighted by molar-refractivity contribution is 0.00935. The van der Waals surface area contributed by atoms with E-state index in [1.54, 1.807) is 0 Å². The van der Waals surface area contributed by atoms with Gasteiger partial charge in [-0.15, -0.1) is 0 Å². The molecule has 1 unspecified atom stereocenters. The summed E-state index contributed by atoms with van der Waals surface area (Å²) in [6.07, 6.45) is 1.29. The van der Waals surface area contributed by atoms with E-state index in [1.807, 2.05) is 18.2 Å². The van der Waals surface area contributed by atoms with Gasteiger partial charge in [0.1, 0.15) is 19.0 Å². The Morgan fingerprint density at radius 3 is 2.95 bits per heavy atom. The number of hydrogen-bond acceptors (Lipinski definition) is 3. The Morgan fingerprint density at radius 2 is 2.14 bits per heavy atom. The van der Waals surface area contributed by atoms with E-state index in [2.05, 4.69) is 6.07 Å². The molecule has 0 saturated heterocycles. The maximum absolute atomic E-state index is 13.8. The number of carbonyl (C=O) groups is 1. The molecule has 0 spiro atoms. The minimum atomic E-state index is -0.538. The van der Waals surface area contributed by atoms with Crippen molar-refractivity contribution in [2.24, 2.45) is 0 Å². The minimum absolute atomic E-state index is 0.132. The summed E-state index contributed by atoms with van der Waals surface area (Å²) < 4.78 is 25.0. The number of hydrogen-bond donors (Lipinski definition) is 0. The summed E-state index contributed by atoms with van der Waals surface area (Å²) in [5, 5.41) is 0. The van der Waals surface area contributed by atoms with Gasteiger partial charge in [-0.3, -0.25) is 4.79 Å². The number of ether oxygens (including phenoxy) is 2. The second-order valence-electron chi connectivity index (χ2n) is 4.93. The summed E-state index contributed by atoms with van der Waals surface area (Å²) in [4.78, 5) is 10.6.